The largest absolute Gasteiger partial charge is 0.350 e. The number of benzene rings is 2. The summed E-state index contributed by atoms with van der Waals surface area (Å²) < 4.78 is 0. The van der Waals surface area contributed by atoms with E-state index in [1.165, 1.54) is 6.92 Å². The third-order valence-corrected chi connectivity index (χ3v) is 3.95. The summed E-state index contributed by atoms with van der Waals surface area (Å²) in [6, 6.07) is 13.3. The molecular weight excluding hydrogens is 316 g/mol. The van der Waals surface area contributed by atoms with E-state index in [2.05, 4.69) is 10.6 Å². The number of carbonyl (C=O) groups excluding carboxylic acids is 3. The third kappa shape index (κ3) is 5.01. The Morgan fingerprint density at radius 2 is 1.32 bits per heavy atom. The molecule has 1 unspecified atom stereocenters. The van der Waals surface area contributed by atoms with Crippen molar-refractivity contribution in [2.45, 2.75) is 33.2 Å². The fourth-order valence-corrected chi connectivity index (χ4v) is 2.17. The van der Waals surface area contributed by atoms with Crippen LogP contribution in [0.2, 0.25) is 0 Å². The molecule has 2 rings (SSSR count). The molecule has 0 heterocycles. The topological polar surface area (TPSA) is 75.3 Å². The number of Topliss-reactive ketones (excluding diaryl/α,β-unsaturated/α-hetero) is 1. The van der Waals surface area contributed by atoms with Crippen LogP contribution in [0.4, 0.5) is 5.69 Å². The minimum atomic E-state index is -0.274. The van der Waals surface area contributed by atoms with Crippen molar-refractivity contribution < 1.29 is 14.4 Å². The molecule has 0 radical (unpaired) electrons. The Hall–Kier alpha value is -2.95. The van der Waals surface area contributed by atoms with E-state index < -0.39 is 0 Å². The van der Waals surface area contributed by atoms with Crippen LogP contribution in [0.3, 0.4) is 0 Å². The maximum absolute atomic E-state index is 12.3. The first kappa shape index (κ1) is 18.4. The lowest BCUT2D eigenvalue weighted by Gasteiger charge is -2.11. The second-order valence-electron chi connectivity index (χ2n) is 5.95. The van der Waals surface area contributed by atoms with E-state index in [1.807, 2.05) is 13.8 Å². The summed E-state index contributed by atoms with van der Waals surface area (Å²) in [6.45, 7) is 5.44. The maximum atomic E-state index is 12.3. The van der Waals surface area contributed by atoms with Gasteiger partial charge in [0.25, 0.3) is 11.8 Å². The van der Waals surface area contributed by atoms with Crippen molar-refractivity contribution in [2.75, 3.05) is 5.32 Å². The van der Waals surface area contributed by atoms with Gasteiger partial charge in [-0.05, 0) is 68.8 Å². The fraction of sp³-hybridized carbons (Fsp3) is 0.250. The number of rotatable bonds is 6. The first-order chi connectivity index (χ1) is 11.9. The molecule has 5 nitrogen and oxygen atoms in total. The van der Waals surface area contributed by atoms with Gasteiger partial charge in [0, 0.05) is 28.4 Å². The highest BCUT2D eigenvalue weighted by atomic mass is 16.2. The van der Waals surface area contributed by atoms with Gasteiger partial charge in [-0.25, -0.2) is 0 Å². The van der Waals surface area contributed by atoms with Crippen LogP contribution < -0.4 is 10.6 Å². The molecule has 0 saturated carbocycles. The SMILES string of the molecule is CCC(C)NC(=O)c1ccc(C(=O)Nc2ccc(C(C)=O)cc2)cc1. The Bertz CT molecular complexity index is 765. The van der Waals surface area contributed by atoms with E-state index in [-0.39, 0.29) is 23.6 Å². The predicted octanol–water partition coefficient (Wildman–Crippen LogP) is 3.67. The van der Waals surface area contributed by atoms with Crippen molar-refractivity contribution in [1.29, 1.82) is 0 Å². The Morgan fingerprint density at radius 3 is 1.80 bits per heavy atom. The Morgan fingerprint density at radius 1 is 0.840 bits per heavy atom. The summed E-state index contributed by atoms with van der Waals surface area (Å²) in [5, 5.41) is 5.65. The van der Waals surface area contributed by atoms with Crippen LogP contribution in [0.1, 0.15) is 58.3 Å². The fourth-order valence-electron chi connectivity index (χ4n) is 2.17. The molecule has 2 amide bonds. The minimum absolute atomic E-state index is 0.0240. The van der Waals surface area contributed by atoms with Gasteiger partial charge in [-0.3, -0.25) is 14.4 Å². The number of anilines is 1. The number of hydrogen-bond donors (Lipinski definition) is 2. The van der Waals surface area contributed by atoms with Gasteiger partial charge >= 0.3 is 0 Å². The molecule has 0 aliphatic carbocycles. The summed E-state index contributed by atoms with van der Waals surface area (Å²) >= 11 is 0. The molecule has 2 N–H and O–H groups in total. The lowest BCUT2D eigenvalue weighted by atomic mass is 10.1. The van der Waals surface area contributed by atoms with Crippen LogP contribution in [-0.2, 0) is 0 Å². The summed E-state index contributed by atoms with van der Waals surface area (Å²) in [5.41, 5.74) is 2.17. The molecule has 130 valence electrons. The highest BCUT2D eigenvalue weighted by Crippen LogP contribution is 2.13. The zero-order chi connectivity index (χ0) is 18.4. The van der Waals surface area contributed by atoms with E-state index in [1.54, 1.807) is 48.5 Å². The monoisotopic (exact) mass is 338 g/mol. The van der Waals surface area contributed by atoms with Crippen LogP contribution in [0, 0.1) is 0 Å². The number of hydrogen-bond acceptors (Lipinski definition) is 3. The molecule has 5 heteroatoms. The van der Waals surface area contributed by atoms with Crippen molar-refractivity contribution in [3.63, 3.8) is 0 Å². The average molecular weight is 338 g/mol. The third-order valence-electron chi connectivity index (χ3n) is 3.95. The number of ketones is 1. The van der Waals surface area contributed by atoms with Gasteiger partial charge in [-0.15, -0.1) is 0 Å². The molecule has 0 saturated heterocycles. The minimum Gasteiger partial charge on any atom is -0.350 e. The standard InChI is InChI=1S/C20H22N2O3/c1-4-13(2)21-19(24)16-5-7-17(8-6-16)20(25)22-18-11-9-15(10-12-18)14(3)23/h5-13H,4H2,1-3H3,(H,21,24)(H,22,25). The van der Waals surface area contributed by atoms with Gasteiger partial charge in [0.05, 0.1) is 0 Å². The van der Waals surface area contributed by atoms with Crippen molar-refractivity contribution in [1.82, 2.24) is 5.32 Å². The summed E-state index contributed by atoms with van der Waals surface area (Å²) in [7, 11) is 0. The predicted molar refractivity (Wildman–Crippen MR) is 98.1 cm³/mol. The first-order valence-corrected chi connectivity index (χ1v) is 8.24. The van der Waals surface area contributed by atoms with E-state index >= 15 is 0 Å². The Balaban J connectivity index is 2.02. The van der Waals surface area contributed by atoms with Crippen molar-refractivity contribution in [3.05, 3.63) is 65.2 Å². The van der Waals surface area contributed by atoms with Crippen LogP contribution in [0.25, 0.3) is 0 Å². The lowest BCUT2D eigenvalue weighted by molar-refractivity contribution is 0.0937. The van der Waals surface area contributed by atoms with Gasteiger partial charge in [0.1, 0.15) is 0 Å². The summed E-state index contributed by atoms with van der Waals surface area (Å²) in [5.74, 6) is -0.449. The van der Waals surface area contributed by atoms with Gasteiger partial charge in [0.2, 0.25) is 0 Å². The van der Waals surface area contributed by atoms with Crippen LogP contribution >= 0.6 is 0 Å². The first-order valence-electron chi connectivity index (χ1n) is 8.24. The zero-order valence-corrected chi connectivity index (χ0v) is 14.6. The number of carbonyl (C=O) groups is 3. The molecule has 25 heavy (non-hydrogen) atoms. The molecule has 0 aliphatic rings. The summed E-state index contributed by atoms with van der Waals surface area (Å²) in [4.78, 5) is 35.5. The van der Waals surface area contributed by atoms with Crippen LogP contribution in [0.5, 0.6) is 0 Å². The van der Waals surface area contributed by atoms with Gasteiger partial charge < -0.3 is 10.6 Å². The smallest absolute Gasteiger partial charge is 0.255 e. The molecule has 0 spiro atoms. The zero-order valence-electron chi connectivity index (χ0n) is 14.6. The highest BCUT2D eigenvalue weighted by Gasteiger charge is 2.11. The van der Waals surface area contributed by atoms with Crippen LogP contribution in [-0.4, -0.2) is 23.6 Å². The lowest BCUT2D eigenvalue weighted by Crippen LogP contribution is -2.31. The molecule has 2 aromatic rings. The average Bonchev–Trinajstić information content (AvgIpc) is 2.62. The molecule has 0 aromatic heterocycles. The molecule has 1 atom stereocenters. The van der Waals surface area contributed by atoms with Crippen molar-refractivity contribution in [2.24, 2.45) is 0 Å². The van der Waals surface area contributed by atoms with E-state index in [0.717, 1.165) is 6.42 Å². The van der Waals surface area contributed by atoms with Gasteiger partial charge in [-0.1, -0.05) is 6.92 Å². The van der Waals surface area contributed by atoms with Gasteiger partial charge in [-0.2, -0.15) is 0 Å². The van der Waals surface area contributed by atoms with Crippen LogP contribution in [0.15, 0.2) is 48.5 Å². The number of amides is 2. The summed E-state index contributed by atoms with van der Waals surface area (Å²) in [6.07, 6.45) is 0.856. The van der Waals surface area contributed by atoms with E-state index in [9.17, 15) is 14.4 Å². The molecule has 0 fully saturated rings. The molecule has 0 bridgehead atoms. The quantitative estimate of drug-likeness (QED) is 0.789. The number of nitrogens with one attached hydrogen (secondary N) is 2. The van der Waals surface area contributed by atoms with Crippen molar-refractivity contribution in [3.8, 4) is 0 Å². The van der Waals surface area contributed by atoms with Crippen molar-refractivity contribution >= 4 is 23.3 Å². The Kier molecular flexibility index (Phi) is 6.06. The Labute approximate surface area is 147 Å². The molecule has 0 aliphatic heterocycles. The normalized spacial score (nSPS) is 11.5. The maximum Gasteiger partial charge on any atom is 0.255 e. The van der Waals surface area contributed by atoms with E-state index in [0.29, 0.717) is 22.4 Å². The molecule has 2 aromatic carbocycles. The van der Waals surface area contributed by atoms with Gasteiger partial charge in [0.15, 0.2) is 5.78 Å². The molecular formula is C20H22N2O3. The second kappa shape index (κ2) is 8.24. The second-order valence-corrected chi connectivity index (χ2v) is 5.95. The highest BCUT2D eigenvalue weighted by molar-refractivity contribution is 6.05. The van der Waals surface area contributed by atoms with E-state index in [4.69, 9.17) is 0 Å².